The number of hydrogen-bond donors (Lipinski definition) is 2. The Morgan fingerprint density at radius 2 is 1.67 bits per heavy atom. The third-order valence-electron chi connectivity index (χ3n) is 2.91. The van der Waals surface area contributed by atoms with Crippen LogP contribution in [0.2, 0.25) is 5.02 Å². The number of thioether (sulfide) groups is 1. The van der Waals surface area contributed by atoms with E-state index < -0.39 is 62.8 Å². The largest absolute Gasteiger partial charge is 0.446 e. The number of imide groups is 1. The van der Waals surface area contributed by atoms with E-state index in [0.717, 1.165) is 6.07 Å². The van der Waals surface area contributed by atoms with E-state index in [0.29, 0.717) is 6.07 Å². The van der Waals surface area contributed by atoms with Crippen LogP contribution in [0.3, 0.4) is 0 Å². The van der Waals surface area contributed by atoms with Gasteiger partial charge in [-0.2, -0.15) is 13.2 Å². The molecule has 0 radical (unpaired) electrons. The molecule has 0 bridgehead atoms. The fourth-order valence-corrected chi connectivity index (χ4v) is 2.68. The van der Waals surface area contributed by atoms with Crippen molar-refractivity contribution >= 4 is 41.0 Å². The van der Waals surface area contributed by atoms with Crippen molar-refractivity contribution in [3.05, 3.63) is 58.4 Å². The number of anilines is 1. The summed E-state index contributed by atoms with van der Waals surface area (Å²) in [6, 6.07) is 2.47. The molecule has 0 aromatic heterocycles. The second kappa shape index (κ2) is 8.09. The van der Waals surface area contributed by atoms with Crippen LogP contribution in [0.4, 0.5) is 36.8 Å². The lowest BCUT2D eigenvalue weighted by atomic mass is 10.2. The van der Waals surface area contributed by atoms with E-state index in [9.17, 15) is 35.9 Å². The van der Waals surface area contributed by atoms with Crippen molar-refractivity contribution in [3.8, 4) is 0 Å². The number of alkyl halides is 3. The molecule has 0 heterocycles. The van der Waals surface area contributed by atoms with Crippen LogP contribution >= 0.6 is 23.4 Å². The molecule has 0 saturated carbocycles. The summed E-state index contributed by atoms with van der Waals surface area (Å²) in [5.41, 5.74) is -6.33. The van der Waals surface area contributed by atoms with Gasteiger partial charge in [0.1, 0.15) is 17.5 Å². The van der Waals surface area contributed by atoms with Gasteiger partial charge in [0.05, 0.1) is 21.2 Å². The van der Waals surface area contributed by atoms with E-state index in [1.807, 2.05) is 0 Å². The fourth-order valence-electron chi connectivity index (χ4n) is 1.86. The normalized spacial score (nSPS) is 11.2. The highest BCUT2D eigenvalue weighted by molar-refractivity contribution is 8.00. The maximum atomic E-state index is 13.8. The van der Waals surface area contributed by atoms with Crippen LogP contribution < -0.4 is 10.6 Å². The number of benzene rings is 2. The minimum Gasteiger partial charge on any atom is -0.305 e. The molecule has 144 valence electrons. The van der Waals surface area contributed by atoms with Crippen molar-refractivity contribution in [2.75, 3.05) is 5.32 Å². The Balaban J connectivity index is 2.14. The molecule has 4 nitrogen and oxygen atoms in total. The van der Waals surface area contributed by atoms with Crippen LogP contribution in [0.5, 0.6) is 0 Å². The van der Waals surface area contributed by atoms with Gasteiger partial charge < -0.3 is 5.32 Å². The predicted molar refractivity (Wildman–Crippen MR) is 86.2 cm³/mol. The van der Waals surface area contributed by atoms with E-state index >= 15 is 0 Å². The zero-order valence-electron chi connectivity index (χ0n) is 12.8. The fraction of sp³-hybridized carbons (Fsp3) is 0.0667. The van der Waals surface area contributed by atoms with Crippen molar-refractivity contribution < 1.29 is 35.9 Å². The highest BCUT2D eigenvalue weighted by atomic mass is 35.5. The monoisotopic (exact) mass is 428 g/mol. The van der Waals surface area contributed by atoms with Crippen LogP contribution in [-0.4, -0.2) is 17.4 Å². The zero-order chi connectivity index (χ0) is 20.4. The molecule has 0 spiro atoms. The highest BCUT2D eigenvalue weighted by Crippen LogP contribution is 2.39. The molecule has 2 aromatic rings. The topological polar surface area (TPSA) is 58.2 Å². The summed E-state index contributed by atoms with van der Waals surface area (Å²) in [5, 5.41) is 3.08. The third kappa shape index (κ3) is 5.54. The summed E-state index contributed by atoms with van der Waals surface area (Å²) in [6.07, 6.45) is 0. The SMILES string of the molecule is O=C(NC(=O)c1c(F)cccc1Cl)Nc1cc(F)c(SC(F)(F)F)cc1F. The second-order valence-corrected chi connectivity index (χ2v) is 6.33. The summed E-state index contributed by atoms with van der Waals surface area (Å²) in [6.45, 7) is 0. The average molecular weight is 429 g/mol. The Kier molecular flexibility index (Phi) is 6.26. The Bertz CT molecular complexity index is 886. The number of amides is 3. The smallest absolute Gasteiger partial charge is 0.305 e. The average Bonchev–Trinajstić information content (AvgIpc) is 2.50. The summed E-state index contributed by atoms with van der Waals surface area (Å²) in [7, 11) is 0. The second-order valence-electron chi connectivity index (χ2n) is 4.82. The lowest BCUT2D eigenvalue weighted by molar-refractivity contribution is -0.0329. The number of urea groups is 1. The lowest BCUT2D eigenvalue weighted by Gasteiger charge is -2.11. The molecule has 0 fully saturated rings. The molecule has 3 amide bonds. The molecule has 2 aromatic carbocycles. The maximum Gasteiger partial charge on any atom is 0.446 e. The van der Waals surface area contributed by atoms with Gasteiger partial charge in [-0.15, -0.1) is 0 Å². The molecular weight excluding hydrogens is 422 g/mol. The Morgan fingerprint density at radius 3 is 2.26 bits per heavy atom. The molecule has 0 unspecified atom stereocenters. The van der Waals surface area contributed by atoms with Crippen LogP contribution in [0.1, 0.15) is 10.4 Å². The molecule has 0 aliphatic heterocycles. The quantitative estimate of drug-likeness (QED) is 0.513. The van der Waals surface area contributed by atoms with E-state index in [1.165, 1.54) is 12.1 Å². The van der Waals surface area contributed by atoms with Gasteiger partial charge in [0, 0.05) is 6.07 Å². The predicted octanol–water partition coefficient (Wildman–Crippen LogP) is 5.33. The summed E-state index contributed by atoms with van der Waals surface area (Å²) < 4.78 is 77.8. The Labute approximate surface area is 156 Å². The molecule has 0 saturated heterocycles. The number of carbonyl (C=O) groups is 2. The Hall–Kier alpha value is -2.40. The summed E-state index contributed by atoms with van der Waals surface area (Å²) in [5.74, 6) is -5.12. The Morgan fingerprint density at radius 1 is 1.00 bits per heavy atom. The van der Waals surface area contributed by atoms with Crippen LogP contribution in [0.25, 0.3) is 0 Å². The number of halogens is 7. The first kappa shape index (κ1) is 20.9. The highest BCUT2D eigenvalue weighted by Gasteiger charge is 2.31. The number of nitrogens with one attached hydrogen (secondary N) is 2. The van der Waals surface area contributed by atoms with Crippen LogP contribution in [0, 0.1) is 17.5 Å². The molecule has 0 aliphatic rings. The molecule has 0 atom stereocenters. The zero-order valence-corrected chi connectivity index (χ0v) is 14.3. The van der Waals surface area contributed by atoms with Crippen molar-refractivity contribution in [3.63, 3.8) is 0 Å². The molecular formula is C15H7ClF6N2O2S. The third-order valence-corrected chi connectivity index (χ3v) is 3.99. The number of hydrogen-bond acceptors (Lipinski definition) is 3. The van der Waals surface area contributed by atoms with Gasteiger partial charge in [-0.3, -0.25) is 10.1 Å². The van der Waals surface area contributed by atoms with Gasteiger partial charge in [0.2, 0.25) is 0 Å². The first-order valence-corrected chi connectivity index (χ1v) is 7.98. The molecule has 2 N–H and O–H groups in total. The first-order chi connectivity index (χ1) is 12.5. The van der Waals surface area contributed by atoms with E-state index in [4.69, 9.17) is 11.6 Å². The molecule has 2 rings (SSSR count). The van der Waals surface area contributed by atoms with Crippen molar-refractivity contribution in [2.24, 2.45) is 0 Å². The molecule has 27 heavy (non-hydrogen) atoms. The minimum absolute atomic E-state index is 0.235. The van der Waals surface area contributed by atoms with E-state index in [2.05, 4.69) is 0 Å². The van der Waals surface area contributed by atoms with Gasteiger partial charge in [-0.25, -0.2) is 18.0 Å². The lowest BCUT2D eigenvalue weighted by Crippen LogP contribution is -2.35. The minimum atomic E-state index is -4.84. The molecule has 12 heteroatoms. The first-order valence-electron chi connectivity index (χ1n) is 6.79. The van der Waals surface area contributed by atoms with Crippen LogP contribution in [0.15, 0.2) is 35.2 Å². The number of rotatable bonds is 3. The van der Waals surface area contributed by atoms with E-state index in [1.54, 1.807) is 10.6 Å². The molecule has 0 aliphatic carbocycles. The van der Waals surface area contributed by atoms with Gasteiger partial charge in [-0.05, 0) is 30.0 Å². The summed E-state index contributed by atoms with van der Waals surface area (Å²) >= 11 is 4.77. The van der Waals surface area contributed by atoms with Crippen molar-refractivity contribution in [2.45, 2.75) is 10.4 Å². The number of carbonyl (C=O) groups excluding carboxylic acids is 2. The van der Waals surface area contributed by atoms with Crippen molar-refractivity contribution in [1.29, 1.82) is 0 Å². The van der Waals surface area contributed by atoms with Gasteiger partial charge in [-0.1, -0.05) is 17.7 Å². The standard InChI is InChI=1S/C15H7ClF6N2O2S/c16-6-2-1-3-7(17)12(6)13(25)24-14(26)23-10-4-9(19)11(5-8(10)18)27-15(20,21)22/h1-5H,(H2,23,24,25,26). The van der Waals surface area contributed by atoms with Crippen LogP contribution in [-0.2, 0) is 0 Å². The van der Waals surface area contributed by atoms with E-state index in [-0.39, 0.29) is 11.1 Å². The van der Waals surface area contributed by atoms with Gasteiger partial charge in [0.25, 0.3) is 5.91 Å². The summed E-state index contributed by atoms with van der Waals surface area (Å²) in [4.78, 5) is 22.5. The van der Waals surface area contributed by atoms with Crippen molar-refractivity contribution in [1.82, 2.24) is 5.32 Å². The van der Waals surface area contributed by atoms with Gasteiger partial charge in [0.15, 0.2) is 0 Å². The maximum absolute atomic E-state index is 13.8. The van der Waals surface area contributed by atoms with Gasteiger partial charge >= 0.3 is 11.5 Å².